The molecule has 6 heteroatoms. The van der Waals surface area contributed by atoms with E-state index in [0.717, 1.165) is 18.7 Å². The monoisotopic (exact) mass is 240 g/mol. The van der Waals surface area contributed by atoms with Crippen molar-refractivity contribution in [2.45, 2.75) is 6.42 Å². The molecule has 94 valence electrons. The molecule has 0 unspecified atom stereocenters. The number of nitro benzene ring substituents is 1. The molecule has 0 aliphatic heterocycles. The number of nitro groups is 1. The summed E-state index contributed by atoms with van der Waals surface area (Å²) in [7, 11) is 0. The van der Waals surface area contributed by atoms with Crippen LogP contribution in [0.3, 0.4) is 0 Å². The zero-order valence-electron chi connectivity index (χ0n) is 9.46. The van der Waals surface area contributed by atoms with Crippen molar-refractivity contribution in [3.8, 4) is 0 Å². The number of aliphatic hydroxyl groups excluding tert-OH is 1. The van der Waals surface area contributed by atoms with Gasteiger partial charge < -0.3 is 15.2 Å². The standard InChI is InChI=1S/C11H16N2O4/c14-7-9-17-8-1-6-12-10-2-4-11(5-3-10)13(15)16/h2-5,12,14H,1,6-9H2. The molecule has 0 bridgehead atoms. The molecular formula is C11H16N2O4. The highest BCUT2D eigenvalue weighted by atomic mass is 16.6. The Morgan fingerprint density at radius 2 is 2.00 bits per heavy atom. The molecule has 0 saturated heterocycles. The molecule has 1 aromatic rings. The Bertz CT molecular complexity index is 340. The lowest BCUT2D eigenvalue weighted by Gasteiger charge is -2.06. The minimum absolute atomic E-state index is 0.0375. The van der Waals surface area contributed by atoms with Crippen molar-refractivity contribution in [3.63, 3.8) is 0 Å². The second-order valence-corrected chi connectivity index (χ2v) is 3.42. The molecule has 2 N–H and O–H groups in total. The van der Waals surface area contributed by atoms with Crippen molar-refractivity contribution in [3.05, 3.63) is 34.4 Å². The zero-order valence-corrected chi connectivity index (χ0v) is 9.46. The van der Waals surface area contributed by atoms with Gasteiger partial charge in [-0.3, -0.25) is 10.1 Å². The highest BCUT2D eigenvalue weighted by Crippen LogP contribution is 2.15. The highest BCUT2D eigenvalue weighted by molar-refractivity contribution is 5.48. The van der Waals surface area contributed by atoms with Gasteiger partial charge in [0.05, 0.1) is 18.1 Å². The molecule has 0 spiro atoms. The summed E-state index contributed by atoms with van der Waals surface area (Å²) in [6.07, 6.45) is 0.816. The first-order valence-electron chi connectivity index (χ1n) is 5.41. The Balaban J connectivity index is 2.21. The van der Waals surface area contributed by atoms with Gasteiger partial charge in [0, 0.05) is 31.0 Å². The van der Waals surface area contributed by atoms with Gasteiger partial charge in [0.2, 0.25) is 0 Å². The van der Waals surface area contributed by atoms with Crippen LogP contribution in [0.15, 0.2) is 24.3 Å². The predicted molar refractivity (Wildman–Crippen MR) is 64.1 cm³/mol. The minimum Gasteiger partial charge on any atom is -0.394 e. The van der Waals surface area contributed by atoms with Gasteiger partial charge in [0.25, 0.3) is 5.69 Å². The third-order valence-electron chi connectivity index (χ3n) is 2.11. The maximum Gasteiger partial charge on any atom is 0.269 e. The molecule has 1 rings (SSSR count). The van der Waals surface area contributed by atoms with Crippen molar-refractivity contribution in [1.29, 1.82) is 0 Å². The first kappa shape index (κ1) is 13.4. The number of aliphatic hydroxyl groups is 1. The van der Waals surface area contributed by atoms with Crippen molar-refractivity contribution in [1.82, 2.24) is 0 Å². The SMILES string of the molecule is O=[N+]([O-])c1ccc(NCCCOCCO)cc1. The number of anilines is 1. The summed E-state index contributed by atoms with van der Waals surface area (Å²) < 4.78 is 5.09. The van der Waals surface area contributed by atoms with Gasteiger partial charge in [0.1, 0.15) is 0 Å². The van der Waals surface area contributed by atoms with Crippen LogP contribution < -0.4 is 5.32 Å². The molecule has 0 radical (unpaired) electrons. The quantitative estimate of drug-likeness (QED) is 0.407. The Hall–Kier alpha value is -1.66. The lowest BCUT2D eigenvalue weighted by molar-refractivity contribution is -0.384. The molecule has 1 aromatic carbocycles. The fourth-order valence-electron chi connectivity index (χ4n) is 1.27. The number of hydrogen-bond donors (Lipinski definition) is 2. The van der Waals surface area contributed by atoms with E-state index < -0.39 is 4.92 Å². The van der Waals surface area contributed by atoms with E-state index in [4.69, 9.17) is 9.84 Å². The normalized spacial score (nSPS) is 10.2. The Labute approximate surface area is 99.4 Å². The molecule has 0 saturated carbocycles. The number of nitrogens with zero attached hydrogens (tertiary/aromatic N) is 1. The van der Waals surface area contributed by atoms with Crippen molar-refractivity contribution >= 4 is 11.4 Å². The first-order valence-corrected chi connectivity index (χ1v) is 5.41. The Morgan fingerprint density at radius 3 is 2.59 bits per heavy atom. The van der Waals surface area contributed by atoms with E-state index in [0.29, 0.717) is 13.2 Å². The molecule has 0 fully saturated rings. The average molecular weight is 240 g/mol. The van der Waals surface area contributed by atoms with Gasteiger partial charge >= 0.3 is 0 Å². The van der Waals surface area contributed by atoms with E-state index in [9.17, 15) is 10.1 Å². The number of non-ortho nitro benzene ring substituents is 1. The lowest BCUT2D eigenvalue weighted by Crippen LogP contribution is -2.07. The largest absolute Gasteiger partial charge is 0.394 e. The number of nitrogens with one attached hydrogen (secondary N) is 1. The van der Waals surface area contributed by atoms with E-state index >= 15 is 0 Å². The van der Waals surface area contributed by atoms with Crippen LogP contribution in [0.4, 0.5) is 11.4 Å². The van der Waals surface area contributed by atoms with E-state index in [-0.39, 0.29) is 12.3 Å². The average Bonchev–Trinajstić information content (AvgIpc) is 2.34. The van der Waals surface area contributed by atoms with Gasteiger partial charge in [0.15, 0.2) is 0 Å². The fraction of sp³-hybridized carbons (Fsp3) is 0.455. The molecule has 0 atom stereocenters. The smallest absolute Gasteiger partial charge is 0.269 e. The maximum atomic E-state index is 10.4. The molecular weight excluding hydrogens is 224 g/mol. The lowest BCUT2D eigenvalue weighted by atomic mass is 10.3. The second-order valence-electron chi connectivity index (χ2n) is 3.42. The summed E-state index contributed by atoms with van der Waals surface area (Å²) >= 11 is 0. The van der Waals surface area contributed by atoms with E-state index in [1.54, 1.807) is 12.1 Å². The third kappa shape index (κ3) is 5.28. The minimum atomic E-state index is -0.424. The van der Waals surface area contributed by atoms with Crippen LogP contribution >= 0.6 is 0 Å². The third-order valence-corrected chi connectivity index (χ3v) is 2.11. The summed E-state index contributed by atoms with van der Waals surface area (Å²) in [5.74, 6) is 0. The van der Waals surface area contributed by atoms with E-state index in [2.05, 4.69) is 5.32 Å². The summed E-state index contributed by atoms with van der Waals surface area (Å²) in [4.78, 5) is 10.00. The van der Waals surface area contributed by atoms with Crippen LogP contribution in [0.5, 0.6) is 0 Å². The first-order chi connectivity index (χ1) is 8.24. The van der Waals surface area contributed by atoms with Crippen LogP contribution in [0.1, 0.15) is 6.42 Å². The van der Waals surface area contributed by atoms with Gasteiger partial charge in [-0.2, -0.15) is 0 Å². The predicted octanol–water partition coefficient (Wildman–Crippen LogP) is 1.41. The number of benzene rings is 1. The molecule has 0 aromatic heterocycles. The Kier molecular flexibility index (Phi) is 5.98. The van der Waals surface area contributed by atoms with Crippen molar-refractivity contribution in [2.75, 3.05) is 31.7 Å². The summed E-state index contributed by atoms with van der Waals surface area (Å²) in [5.41, 5.74) is 0.930. The van der Waals surface area contributed by atoms with Crippen molar-refractivity contribution < 1.29 is 14.8 Å². The van der Waals surface area contributed by atoms with Crippen LogP contribution in [0.2, 0.25) is 0 Å². The second kappa shape index (κ2) is 7.59. The molecule has 0 aliphatic rings. The molecule has 17 heavy (non-hydrogen) atoms. The topological polar surface area (TPSA) is 84.6 Å². The fourth-order valence-corrected chi connectivity index (χ4v) is 1.27. The number of rotatable bonds is 8. The molecule has 0 heterocycles. The Morgan fingerprint density at radius 1 is 1.29 bits per heavy atom. The number of ether oxygens (including phenoxy) is 1. The summed E-state index contributed by atoms with van der Waals surface area (Å²) in [6, 6.07) is 6.27. The molecule has 0 aliphatic carbocycles. The van der Waals surface area contributed by atoms with Gasteiger partial charge in [-0.15, -0.1) is 0 Å². The van der Waals surface area contributed by atoms with Crippen LogP contribution in [-0.4, -0.2) is 36.4 Å². The van der Waals surface area contributed by atoms with Gasteiger partial charge in [-0.1, -0.05) is 0 Å². The zero-order chi connectivity index (χ0) is 12.5. The van der Waals surface area contributed by atoms with E-state index in [1.165, 1.54) is 12.1 Å². The number of hydrogen-bond acceptors (Lipinski definition) is 5. The highest BCUT2D eigenvalue weighted by Gasteiger charge is 2.02. The van der Waals surface area contributed by atoms with Crippen molar-refractivity contribution in [2.24, 2.45) is 0 Å². The van der Waals surface area contributed by atoms with E-state index in [1.807, 2.05) is 0 Å². The van der Waals surface area contributed by atoms with Crippen LogP contribution in [-0.2, 0) is 4.74 Å². The van der Waals surface area contributed by atoms with Gasteiger partial charge in [-0.25, -0.2) is 0 Å². The molecule has 6 nitrogen and oxygen atoms in total. The van der Waals surface area contributed by atoms with Crippen LogP contribution in [0, 0.1) is 10.1 Å². The molecule has 0 amide bonds. The maximum absolute atomic E-state index is 10.4. The summed E-state index contributed by atoms with van der Waals surface area (Å²) in [5, 5.41) is 22.0. The summed E-state index contributed by atoms with van der Waals surface area (Å²) in [6.45, 7) is 1.71. The van der Waals surface area contributed by atoms with Gasteiger partial charge in [-0.05, 0) is 18.6 Å². The van der Waals surface area contributed by atoms with Crippen LogP contribution in [0.25, 0.3) is 0 Å².